The number of imide groups is 1. The summed E-state index contributed by atoms with van der Waals surface area (Å²) in [5, 5.41) is 7.45. The third kappa shape index (κ3) is 1.80. The van der Waals surface area contributed by atoms with Crippen LogP contribution in [0.5, 0.6) is 0 Å². The maximum absolute atomic E-state index is 11.9. The Morgan fingerprint density at radius 3 is 2.90 bits per heavy atom. The van der Waals surface area contributed by atoms with Gasteiger partial charge in [0, 0.05) is 31.0 Å². The van der Waals surface area contributed by atoms with Gasteiger partial charge in [0.1, 0.15) is 0 Å². The average molecular weight is 268 g/mol. The van der Waals surface area contributed by atoms with Crippen LogP contribution in [-0.4, -0.2) is 28.3 Å². The van der Waals surface area contributed by atoms with Crippen LogP contribution in [0.25, 0.3) is 10.9 Å². The van der Waals surface area contributed by atoms with Crippen LogP contribution in [-0.2, 0) is 11.8 Å². The number of aryl methyl sites for hydroxylation is 1. The van der Waals surface area contributed by atoms with Crippen molar-refractivity contribution in [3.05, 3.63) is 23.8 Å². The second-order valence-electron chi connectivity index (χ2n) is 4.58. The lowest BCUT2D eigenvalue weighted by Gasteiger charge is -2.24. The second kappa shape index (κ2) is 4.38. The third-order valence-corrected chi connectivity index (χ3v) is 3.31. The Morgan fingerprint density at radius 1 is 1.40 bits per heavy atom. The molecule has 0 bridgehead atoms. The molecule has 0 unspecified atom stereocenters. The fourth-order valence-corrected chi connectivity index (χ4v) is 2.30. The first-order chi connectivity index (χ1) is 9.60. The van der Waals surface area contributed by atoms with E-state index in [2.05, 4.69) is 16.3 Å². The molecule has 0 spiro atoms. The van der Waals surface area contributed by atoms with Crippen molar-refractivity contribution < 1.29 is 9.59 Å². The van der Waals surface area contributed by atoms with Gasteiger partial charge in [-0.25, -0.2) is 4.79 Å². The van der Waals surface area contributed by atoms with Gasteiger partial charge in [0.15, 0.2) is 5.82 Å². The Labute approximate surface area is 115 Å². The molecule has 1 aromatic carbocycles. The van der Waals surface area contributed by atoms with Gasteiger partial charge in [0.2, 0.25) is 5.91 Å². The predicted molar refractivity (Wildman–Crippen MR) is 74.2 cm³/mol. The Hall–Kier alpha value is -2.81. The Morgan fingerprint density at radius 2 is 2.20 bits per heavy atom. The number of anilines is 1. The van der Waals surface area contributed by atoms with Gasteiger partial charge < -0.3 is 0 Å². The molecular formula is C14H12N4O2. The number of hydrogen-bond donors (Lipinski definition) is 1. The molecule has 2 heterocycles. The molecule has 3 amide bonds. The molecule has 6 nitrogen and oxygen atoms in total. The number of nitrogens with one attached hydrogen (secondary N) is 1. The quantitative estimate of drug-likeness (QED) is 0.785. The highest BCUT2D eigenvalue weighted by molar-refractivity contribution is 6.08. The lowest BCUT2D eigenvalue weighted by atomic mass is 10.1. The first-order valence-electron chi connectivity index (χ1n) is 6.15. The number of terminal acetylenes is 1. The van der Waals surface area contributed by atoms with E-state index in [4.69, 9.17) is 6.42 Å². The summed E-state index contributed by atoms with van der Waals surface area (Å²) in [6.45, 7) is 0.317. The van der Waals surface area contributed by atoms with Crippen molar-refractivity contribution in [3.8, 4) is 12.3 Å². The molecule has 0 atom stereocenters. The van der Waals surface area contributed by atoms with Gasteiger partial charge in [-0.2, -0.15) is 5.10 Å². The van der Waals surface area contributed by atoms with E-state index in [1.165, 1.54) is 4.90 Å². The zero-order valence-corrected chi connectivity index (χ0v) is 10.9. The Kier molecular flexibility index (Phi) is 2.68. The molecule has 1 aliphatic heterocycles. The van der Waals surface area contributed by atoms with E-state index in [0.29, 0.717) is 12.4 Å². The third-order valence-electron chi connectivity index (χ3n) is 3.31. The van der Waals surface area contributed by atoms with E-state index in [1.807, 2.05) is 18.2 Å². The molecule has 3 rings (SSSR count). The van der Waals surface area contributed by atoms with E-state index in [9.17, 15) is 9.59 Å². The van der Waals surface area contributed by atoms with Crippen LogP contribution in [0.15, 0.2) is 18.2 Å². The molecule has 2 aromatic rings. The van der Waals surface area contributed by atoms with Crippen LogP contribution in [0.2, 0.25) is 0 Å². The van der Waals surface area contributed by atoms with Crippen LogP contribution in [0.4, 0.5) is 10.6 Å². The fourth-order valence-electron chi connectivity index (χ4n) is 2.30. The van der Waals surface area contributed by atoms with Crippen LogP contribution in [0, 0.1) is 12.3 Å². The fraction of sp³-hybridized carbons (Fsp3) is 0.214. The molecule has 100 valence electrons. The monoisotopic (exact) mass is 268 g/mol. The van der Waals surface area contributed by atoms with E-state index in [-0.39, 0.29) is 12.3 Å². The molecule has 0 radical (unpaired) electrons. The van der Waals surface area contributed by atoms with Crippen LogP contribution < -0.4 is 10.2 Å². The maximum Gasteiger partial charge on any atom is 0.329 e. The summed E-state index contributed by atoms with van der Waals surface area (Å²) >= 11 is 0. The zero-order valence-electron chi connectivity index (χ0n) is 10.9. The van der Waals surface area contributed by atoms with Crippen molar-refractivity contribution in [1.82, 2.24) is 15.1 Å². The van der Waals surface area contributed by atoms with Crippen molar-refractivity contribution in [2.75, 3.05) is 11.4 Å². The first-order valence-corrected chi connectivity index (χ1v) is 6.15. The van der Waals surface area contributed by atoms with Crippen molar-refractivity contribution in [1.29, 1.82) is 0 Å². The molecule has 1 N–H and O–H groups in total. The molecular weight excluding hydrogens is 256 g/mol. The summed E-state index contributed by atoms with van der Waals surface area (Å²) in [5.41, 5.74) is 1.60. The number of amides is 3. The van der Waals surface area contributed by atoms with E-state index in [1.54, 1.807) is 11.7 Å². The summed E-state index contributed by atoms with van der Waals surface area (Å²) in [6, 6.07) is 5.07. The molecule has 20 heavy (non-hydrogen) atoms. The number of benzene rings is 1. The minimum atomic E-state index is -0.452. The molecule has 6 heteroatoms. The lowest BCUT2D eigenvalue weighted by molar-refractivity contribution is -0.120. The highest BCUT2D eigenvalue weighted by Crippen LogP contribution is 2.27. The van der Waals surface area contributed by atoms with Gasteiger partial charge in [-0.15, -0.1) is 6.42 Å². The number of aromatic nitrogens is 2. The normalized spacial score (nSPS) is 15.3. The minimum Gasteiger partial charge on any atom is -0.278 e. The van der Waals surface area contributed by atoms with Gasteiger partial charge in [-0.05, 0) is 18.2 Å². The van der Waals surface area contributed by atoms with Crippen LogP contribution in [0.3, 0.4) is 0 Å². The number of rotatable bonds is 1. The molecule has 1 aliphatic rings. The largest absolute Gasteiger partial charge is 0.329 e. The van der Waals surface area contributed by atoms with Gasteiger partial charge in [-0.1, -0.05) is 5.92 Å². The summed E-state index contributed by atoms with van der Waals surface area (Å²) in [6.07, 6.45) is 5.67. The number of fused-ring (bicyclic) bond motifs is 1. The van der Waals surface area contributed by atoms with E-state index < -0.39 is 6.03 Å². The van der Waals surface area contributed by atoms with Gasteiger partial charge in [0.25, 0.3) is 0 Å². The Balaban J connectivity index is 2.14. The van der Waals surface area contributed by atoms with E-state index in [0.717, 1.165) is 16.5 Å². The number of carbonyl (C=O) groups is 2. The number of urea groups is 1. The summed E-state index contributed by atoms with van der Waals surface area (Å²) in [5.74, 6) is 2.82. The molecule has 1 aromatic heterocycles. The smallest absolute Gasteiger partial charge is 0.278 e. The van der Waals surface area contributed by atoms with Gasteiger partial charge in [-0.3, -0.25) is 19.7 Å². The highest BCUT2D eigenvalue weighted by Gasteiger charge is 2.27. The van der Waals surface area contributed by atoms with Gasteiger partial charge >= 0.3 is 6.03 Å². The van der Waals surface area contributed by atoms with Crippen molar-refractivity contribution in [3.63, 3.8) is 0 Å². The summed E-state index contributed by atoms with van der Waals surface area (Å²) in [7, 11) is 1.80. The summed E-state index contributed by atoms with van der Waals surface area (Å²) < 4.78 is 1.69. The lowest BCUT2D eigenvalue weighted by Crippen LogP contribution is -2.49. The first kappa shape index (κ1) is 12.2. The maximum atomic E-state index is 11.9. The van der Waals surface area contributed by atoms with Crippen molar-refractivity contribution in [2.45, 2.75) is 6.42 Å². The topological polar surface area (TPSA) is 67.2 Å². The predicted octanol–water partition coefficient (Wildman–Crippen LogP) is 1.00. The van der Waals surface area contributed by atoms with Crippen molar-refractivity contribution >= 4 is 28.7 Å². The van der Waals surface area contributed by atoms with E-state index >= 15 is 0 Å². The zero-order chi connectivity index (χ0) is 14.3. The average Bonchev–Trinajstić information content (AvgIpc) is 2.75. The second-order valence-corrected chi connectivity index (χ2v) is 4.58. The van der Waals surface area contributed by atoms with Crippen molar-refractivity contribution in [2.24, 2.45) is 7.05 Å². The van der Waals surface area contributed by atoms with Crippen LogP contribution >= 0.6 is 0 Å². The molecule has 1 saturated heterocycles. The standard InChI is InChI=1S/C14H12N4O2/c1-3-9-4-5-11-10(8-9)13(16-17(11)2)18-7-6-12(19)15-14(18)20/h1,4-5,8H,6-7H2,2H3,(H,15,19,20). The minimum absolute atomic E-state index is 0.263. The van der Waals surface area contributed by atoms with Gasteiger partial charge in [0.05, 0.1) is 5.52 Å². The highest BCUT2D eigenvalue weighted by atomic mass is 16.2. The number of nitrogens with zero attached hydrogens (tertiary/aromatic N) is 3. The molecule has 1 fully saturated rings. The summed E-state index contributed by atoms with van der Waals surface area (Å²) in [4.78, 5) is 24.6. The molecule has 0 saturated carbocycles. The SMILES string of the molecule is C#Cc1ccc2c(c1)c(N1CCC(=O)NC1=O)nn2C. The number of hydrogen-bond acceptors (Lipinski definition) is 3. The van der Waals surface area contributed by atoms with Crippen LogP contribution in [0.1, 0.15) is 12.0 Å². The Bertz CT molecular complexity index is 769. The molecule has 0 aliphatic carbocycles. The number of carbonyl (C=O) groups excluding carboxylic acids is 2.